The molecule has 0 radical (unpaired) electrons. The maximum absolute atomic E-state index is 12.7. The van der Waals surface area contributed by atoms with E-state index in [0.29, 0.717) is 13.1 Å². The molecule has 1 fully saturated rings. The Labute approximate surface area is 63.8 Å². The van der Waals surface area contributed by atoms with Gasteiger partial charge in [-0.2, -0.15) is 0 Å². The minimum absolute atomic E-state index is 0.198. The lowest BCUT2D eigenvalue weighted by atomic mass is 10.1. The van der Waals surface area contributed by atoms with Gasteiger partial charge < -0.3 is 15.7 Å². The van der Waals surface area contributed by atoms with Gasteiger partial charge in [0.1, 0.15) is 6.17 Å². The van der Waals surface area contributed by atoms with Crippen molar-refractivity contribution in [2.24, 2.45) is 5.92 Å². The monoisotopic (exact) mass is 162 g/mol. The number of amides is 1. The van der Waals surface area contributed by atoms with Crippen LogP contribution < -0.4 is 10.6 Å². The molecule has 5 heteroatoms. The fourth-order valence-corrected chi connectivity index (χ4v) is 1.12. The van der Waals surface area contributed by atoms with E-state index in [4.69, 9.17) is 5.11 Å². The summed E-state index contributed by atoms with van der Waals surface area (Å²) in [6, 6.07) is 0. The summed E-state index contributed by atoms with van der Waals surface area (Å²) in [6.45, 7) is 1.09. The summed E-state index contributed by atoms with van der Waals surface area (Å²) in [7, 11) is 0. The molecule has 4 nitrogen and oxygen atoms in total. The molecule has 0 unspecified atom stereocenters. The first-order chi connectivity index (χ1) is 5.20. The van der Waals surface area contributed by atoms with Crippen molar-refractivity contribution in [1.29, 1.82) is 0 Å². The third kappa shape index (κ3) is 2.34. The minimum Gasteiger partial charge on any atom is -0.465 e. The summed E-state index contributed by atoms with van der Waals surface area (Å²) in [5.41, 5.74) is 0. The van der Waals surface area contributed by atoms with Gasteiger partial charge in [0.05, 0.1) is 0 Å². The Hall–Kier alpha value is -0.840. The van der Waals surface area contributed by atoms with Gasteiger partial charge in [0.2, 0.25) is 0 Å². The molecule has 0 saturated carbocycles. The summed E-state index contributed by atoms with van der Waals surface area (Å²) in [5, 5.41) is 13.2. The van der Waals surface area contributed by atoms with Crippen molar-refractivity contribution < 1.29 is 14.3 Å². The predicted octanol–water partition coefficient (Wildman–Crippen LogP) is -0.188. The molecule has 3 N–H and O–H groups in total. The lowest BCUT2D eigenvalue weighted by Crippen LogP contribution is -2.31. The molecule has 2 atom stereocenters. The number of rotatable bonds is 2. The zero-order valence-corrected chi connectivity index (χ0v) is 6.01. The van der Waals surface area contributed by atoms with E-state index < -0.39 is 12.3 Å². The van der Waals surface area contributed by atoms with E-state index in [9.17, 15) is 9.18 Å². The fraction of sp³-hybridized carbons (Fsp3) is 0.833. The molecule has 1 rings (SSSR count). The van der Waals surface area contributed by atoms with Crippen molar-refractivity contribution in [2.45, 2.75) is 6.17 Å². The van der Waals surface area contributed by atoms with Crippen LogP contribution in [-0.4, -0.2) is 37.0 Å². The van der Waals surface area contributed by atoms with Crippen molar-refractivity contribution in [3.05, 3.63) is 0 Å². The summed E-state index contributed by atoms with van der Waals surface area (Å²) in [5.74, 6) is -0.203. The molecular formula is C6H11FN2O2. The molecule has 0 aromatic heterocycles. The van der Waals surface area contributed by atoms with Gasteiger partial charge in [-0.25, -0.2) is 9.18 Å². The zero-order chi connectivity index (χ0) is 8.27. The standard InChI is InChI=1S/C6H11FN2O2/c7-5-3-8-1-4(5)2-9-6(10)11/h4-5,8-9H,1-3H2,(H,10,11)/t4-,5+/m0/s1. The number of carbonyl (C=O) groups is 1. The second-order valence-electron chi connectivity index (χ2n) is 2.62. The van der Waals surface area contributed by atoms with E-state index in [1.807, 2.05) is 0 Å². The van der Waals surface area contributed by atoms with Gasteiger partial charge in [0.15, 0.2) is 0 Å². The Bertz CT molecular complexity index is 154. The van der Waals surface area contributed by atoms with Crippen LogP contribution >= 0.6 is 0 Å². The highest BCUT2D eigenvalue weighted by Crippen LogP contribution is 2.10. The van der Waals surface area contributed by atoms with Gasteiger partial charge in [0.25, 0.3) is 0 Å². The van der Waals surface area contributed by atoms with Gasteiger partial charge in [-0.1, -0.05) is 0 Å². The SMILES string of the molecule is O=C(O)NC[C@@H]1CNC[C@H]1F. The maximum atomic E-state index is 12.7. The van der Waals surface area contributed by atoms with E-state index in [-0.39, 0.29) is 12.5 Å². The van der Waals surface area contributed by atoms with Crippen LogP contribution in [0.3, 0.4) is 0 Å². The van der Waals surface area contributed by atoms with Crippen LogP contribution in [0.15, 0.2) is 0 Å². The second kappa shape index (κ2) is 3.52. The molecule has 1 saturated heterocycles. The summed E-state index contributed by atoms with van der Waals surface area (Å²) >= 11 is 0. The fourth-order valence-electron chi connectivity index (χ4n) is 1.12. The van der Waals surface area contributed by atoms with E-state index >= 15 is 0 Å². The number of carboxylic acid groups (broad SMARTS) is 1. The van der Waals surface area contributed by atoms with Crippen molar-refractivity contribution in [1.82, 2.24) is 10.6 Å². The molecular weight excluding hydrogens is 151 g/mol. The van der Waals surface area contributed by atoms with Crippen LogP contribution in [-0.2, 0) is 0 Å². The predicted molar refractivity (Wildman–Crippen MR) is 37.3 cm³/mol. The molecule has 0 aromatic carbocycles. The first kappa shape index (κ1) is 8.26. The largest absolute Gasteiger partial charge is 0.465 e. The molecule has 0 aromatic rings. The summed E-state index contributed by atoms with van der Waals surface area (Å²) in [4.78, 5) is 10.0. The Morgan fingerprint density at radius 2 is 2.45 bits per heavy atom. The molecule has 0 bridgehead atoms. The van der Waals surface area contributed by atoms with Gasteiger partial charge in [0, 0.05) is 25.6 Å². The van der Waals surface area contributed by atoms with E-state index in [2.05, 4.69) is 10.6 Å². The number of hydrogen-bond acceptors (Lipinski definition) is 2. The molecule has 0 spiro atoms. The number of hydrogen-bond donors (Lipinski definition) is 3. The van der Waals surface area contributed by atoms with Crippen molar-refractivity contribution in [3.8, 4) is 0 Å². The van der Waals surface area contributed by atoms with Crippen LogP contribution in [0.4, 0.5) is 9.18 Å². The first-order valence-corrected chi connectivity index (χ1v) is 3.51. The molecule has 1 amide bonds. The Morgan fingerprint density at radius 3 is 2.91 bits per heavy atom. The maximum Gasteiger partial charge on any atom is 0.404 e. The lowest BCUT2D eigenvalue weighted by molar-refractivity contribution is 0.189. The second-order valence-corrected chi connectivity index (χ2v) is 2.62. The van der Waals surface area contributed by atoms with Crippen LogP contribution in [0, 0.1) is 5.92 Å². The third-order valence-corrected chi connectivity index (χ3v) is 1.77. The first-order valence-electron chi connectivity index (χ1n) is 3.51. The van der Waals surface area contributed by atoms with E-state index in [1.54, 1.807) is 0 Å². The van der Waals surface area contributed by atoms with E-state index in [1.165, 1.54) is 0 Å². The lowest BCUT2D eigenvalue weighted by Gasteiger charge is -2.09. The zero-order valence-electron chi connectivity index (χ0n) is 6.01. The number of alkyl halides is 1. The van der Waals surface area contributed by atoms with Gasteiger partial charge >= 0.3 is 6.09 Å². The highest BCUT2D eigenvalue weighted by molar-refractivity contribution is 5.64. The van der Waals surface area contributed by atoms with Crippen molar-refractivity contribution >= 4 is 6.09 Å². The van der Waals surface area contributed by atoms with Crippen molar-refractivity contribution in [3.63, 3.8) is 0 Å². The quantitative estimate of drug-likeness (QED) is 0.527. The van der Waals surface area contributed by atoms with Crippen LogP contribution in [0.5, 0.6) is 0 Å². The summed E-state index contributed by atoms with van der Waals surface area (Å²) < 4.78 is 12.7. The molecule has 1 aliphatic rings. The van der Waals surface area contributed by atoms with Crippen LogP contribution in [0.1, 0.15) is 0 Å². The third-order valence-electron chi connectivity index (χ3n) is 1.77. The van der Waals surface area contributed by atoms with Gasteiger partial charge in [-0.05, 0) is 0 Å². The average molecular weight is 162 g/mol. The number of nitrogens with one attached hydrogen (secondary N) is 2. The molecule has 0 aliphatic carbocycles. The molecule has 11 heavy (non-hydrogen) atoms. The molecule has 1 aliphatic heterocycles. The Morgan fingerprint density at radius 1 is 1.73 bits per heavy atom. The Balaban J connectivity index is 2.20. The highest BCUT2D eigenvalue weighted by Gasteiger charge is 2.26. The smallest absolute Gasteiger partial charge is 0.404 e. The molecule has 1 heterocycles. The van der Waals surface area contributed by atoms with E-state index in [0.717, 1.165) is 0 Å². The summed E-state index contributed by atoms with van der Waals surface area (Å²) in [6.07, 6.45) is -2.01. The van der Waals surface area contributed by atoms with Crippen LogP contribution in [0.2, 0.25) is 0 Å². The van der Waals surface area contributed by atoms with Gasteiger partial charge in [-0.15, -0.1) is 0 Å². The highest BCUT2D eigenvalue weighted by atomic mass is 19.1. The normalized spacial score (nSPS) is 30.3. The number of halogens is 1. The van der Waals surface area contributed by atoms with Crippen molar-refractivity contribution in [2.75, 3.05) is 19.6 Å². The topological polar surface area (TPSA) is 61.4 Å². The molecule has 64 valence electrons. The van der Waals surface area contributed by atoms with Gasteiger partial charge in [-0.3, -0.25) is 0 Å². The minimum atomic E-state index is -1.09. The average Bonchev–Trinajstić information content (AvgIpc) is 2.31. The Kier molecular flexibility index (Phi) is 2.64. The van der Waals surface area contributed by atoms with Crippen LogP contribution in [0.25, 0.3) is 0 Å².